The second kappa shape index (κ2) is 7.82. The summed E-state index contributed by atoms with van der Waals surface area (Å²) in [5.74, 6) is -0.671. The van der Waals surface area contributed by atoms with E-state index < -0.39 is 21.7 Å². The lowest BCUT2D eigenvalue weighted by Gasteiger charge is -2.35. The molecule has 27 heavy (non-hydrogen) atoms. The zero-order chi connectivity index (χ0) is 19.6. The zero-order valence-corrected chi connectivity index (χ0v) is 16.0. The molecule has 0 bridgehead atoms. The molecular weight excluding hydrogens is 374 g/mol. The van der Waals surface area contributed by atoms with Crippen molar-refractivity contribution in [3.05, 3.63) is 54.1 Å². The third kappa shape index (κ3) is 4.39. The molecule has 0 radical (unpaired) electrons. The highest BCUT2D eigenvalue weighted by Crippen LogP contribution is 2.25. The van der Waals surface area contributed by atoms with Crippen LogP contribution in [0.5, 0.6) is 5.75 Å². The molecule has 0 aromatic heterocycles. The molecule has 1 heterocycles. The van der Waals surface area contributed by atoms with Crippen molar-refractivity contribution < 1.29 is 21.9 Å². The summed E-state index contributed by atoms with van der Waals surface area (Å²) < 4.78 is 59.5. The van der Waals surface area contributed by atoms with E-state index in [1.165, 1.54) is 28.6 Å². The fourth-order valence-electron chi connectivity index (χ4n) is 3.02. The molecule has 1 fully saturated rings. The highest BCUT2D eigenvalue weighted by Gasteiger charge is 2.29. The van der Waals surface area contributed by atoms with E-state index in [0.29, 0.717) is 18.8 Å². The molecule has 146 valence electrons. The van der Waals surface area contributed by atoms with Crippen LogP contribution in [0, 0.1) is 11.6 Å². The lowest BCUT2D eigenvalue weighted by Crippen LogP contribution is -2.48. The third-order valence-electron chi connectivity index (χ3n) is 4.32. The number of ether oxygens (including phenoxy) is 1. The van der Waals surface area contributed by atoms with Gasteiger partial charge < -0.3 is 9.64 Å². The third-order valence-corrected chi connectivity index (χ3v) is 6.24. The summed E-state index contributed by atoms with van der Waals surface area (Å²) in [5.41, 5.74) is 0.281. The average Bonchev–Trinajstić information content (AvgIpc) is 2.62. The van der Waals surface area contributed by atoms with Crippen LogP contribution in [-0.2, 0) is 10.0 Å². The molecule has 5 nitrogen and oxygen atoms in total. The molecule has 0 atom stereocenters. The van der Waals surface area contributed by atoms with Crippen molar-refractivity contribution in [3.63, 3.8) is 0 Å². The van der Waals surface area contributed by atoms with Crippen LogP contribution in [-0.4, -0.2) is 45.0 Å². The second-order valence-corrected chi connectivity index (χ2v) is 8.56. The van der Waals surface area contributed by atoms with Crippen LogP contribution >= 0.6 is 0 Å². The van der Waals surface area contributed by atoms with Crippen LogP contribution in [0.3, 0.4) is 0 Å². The second-order valence-electron chi connectivity index (χ2n) is 6.62. The Morgan fingerprint density at radius 2 is 1.59 bits per heavy atom. The Morgan fingerprint density at radius 1 is 0.963 bits per heavy atom. The van der Waals surface area contributed by atoms with Crippen LogP contribution in [0.25, 0.3) is 0 Å². The summed E-state index contributed by atoms with van der Waals surface area (Å²) in [7, 11) is -3.63. The van der Waals surface area contributed by atoms with Gasteiger partial charge in [0.25, 0.3) is 0 Å². The summed E-state index contributed by atoms with van der Waals surface area (Å²) >= 11 is 0. The molecule has 0 aliphatic carbocycles. The van der Waals surface area contributed by atoms with E-state index in [1.807, 2.05) is 13.8 Å². The Kier molecular flexibility index (Phi) is 5.67. The summed E-state index contributed by atoms with van der Waals surface area (Å²) in [6.07, 6.45) is 0.00684. The smallest absolute Gasteiger partial charge is 0.243 e. The summed E-state index contributed by atoms with van der Waals surface area (Å²) in [6, 6.07) is 9.73. The van der Waals surface area contributed by atoms with Crippen molar-refractivity contribution in [3.8, 4) is 5.75 Å². The Hall–Kier alpha value is -2.19. The van der Waals surface area contributed by atoms with E-state index in [-0.39, 0.29) is 29.8 Å². The molecule has 0 N–H and O–H groups in total. The van der Waals surface area contributed by atoms with Gasteiger partial charge in [-0.2, -0.15) is 4.31 Å². The van der Waals surface area contributed by atoms with E-state index in [4.69, 9.17) is 4.74 Å². The molecule has 1 aliphatic rings. The van der Waals surface area contributed by atoms with Gasteiger partial charge in [0.1, 0.15) is 17.4 Å². The molecule has 0 unspecified atom stereocenters. The first-order chi connectivity index (χ1) is 12.8. The van der Waals surface area contributed by atoms with E-state index in [1.54, 1.807) is 17.0 Å². The molecule has 1 aliphatic heterocycles. The highest BCUT2D eigenvalue weighted by atomic mass is 32.2. The van der Waals surface area contributed by atoms with Crippen molar-refractivity contribution in [1.82, 2.24) is 4.31 Å². The van der Waals surface area contributed by atoms with Gasteiger partial charge in [0.05, 0.1) is 16.7 Å². The molecule has 0 spiro atoms. The summed E-state index contributed by atoms with van der Waals surface area (Å²) in [4.78, 5) is 1.92. The topological polar surface area (TPSA) is 49.9 Å². The van der Waals surface area contributed by atoms with Crippen molar-refractivity contribution in [1.29, 1.82) is 0 Å². The minimum absolute atomic E-state index is 0.00684. The van der Waals surface area contributed by atoms with Crippen molar-refractivity contribution in [2.24, 2.45) is 0 Å². The Morgan fingerprint density at radius 3 is 2.15 bits per heavy atom. The number of sulfonamides is 1. The standard InChI is InChI=1S/C19H22F2N2O3S/c1-14(2)26-16-4-6-17(7-5-16)27(24,25)23-11-9-22(10-12-23)19-8-3-15(20)13-18(19)21/h3-8,13-14H,9-12H2,1-2H3. The highest BCUT2D eigenvalue weighted by molar-refractivity contribution is 7.89. The molecular formula is C19H22F2N2O3S. The molecule has 2 aromatic carbocycles. The fourth-order valence-corrected chi connectivity index (χ4v) is 4.44. The normalized spacial score (nSPS) is 16.0. The van der Waals surface area contributed by atoms with Gasteiger partial charge in [-0.1, -0.05) is 0 Å². The molecule has 0 amide bonds. The zero-order valence-electron chi connectivity index (χ0n) is 15.2. The SMILES string of the molecule is CC(C)Oc1ccc(S(=O)(=O)N2CCN(c3ccc(F)cc3F)CC2)cc1. The van der Waals surface area contributed by atoms with Crippen molar-refractivity contribution >= 4 is 15.7 Å². The minimum Gasteiger partial charge on any atom is -0.491 e. The Balaban J connectivity index is 1.69. The maximum absolute atomic E-state index is 13.9. The molecule has 8 heteroatoms. The van der Waals surface area contributed by atoms with E-state index >= 15 is 0 Å². The number of rotatable bonds is 5. The number of hydrogen-bond donors (Lipinski definition) is 0. The van der Waals surface area contributed by atoms with E-state index in [9.17, 15) is 17.2 Å². The predicted octanol–water partition coefficient (Wildman–Crippen LogP) is 3.26. The predicted molar refractivity (Wildman–Crippen MR) is 99.5 cm³/mol. The maximum atomic E-state index is 13.9. The van der Waals surface area contributed by atoms with Gasteiger partial charge >= 0.3 is 0 Å². The van der Waals surface area contributed by atoms with E-state index in [0.717, 1.165) is 6.07 Å². The first kappa shape index (κ1) is 19.6. The number of nitrogens with zero attached hydrogens (tertiary/aromatic N) is 2. The van der Waals surface area contributed by atoms with E-state index in [2.05, 4.69) is 0 Å². The largest absolute Gasteiger partial charge is 0.491 e. The summed E-state index contributed by atoms with van der Waals surface area (Å²) in [6.45, 7) is 4.90. The van der Waals surface area contributed by atoms with Crippen molar-refractivity contribution in [2.45, 2.75) is 24.8 Å². The van der Waals surface area contributed by atoms with Crippen LogP contribution in [0.2, 0.25) is 0 Å². The van der Waals surface area contributed by atoms with Crippen LogP contribution in [0.1, 0.15) is 13.8 Å². The van der Waals surface area contributed by atoms with Gasteiger partial charge in [-0.3, -0.25) is 0 Å². The van der Waals surface area contributed by atoms with Crippen molar-refractivity contribution in [2.75, 3.05) is 31.1 Å². The van der Waals surface area contributed by atoms with Gasteiger partial charge in [0.2, 0.25) is 10.0 Å². The quantitative estimate of drug-likeness (QED) is 0.779. The number of benzene rings is 2. The molecule has 2 aromatic rings. The number of halogens is 2. The first-order valence-corrected chi connectivity index (χ1v) is 10.2. The lowest BCUT2D eigenvalue weighted by atomic mass is 10.2. The lowest BCUT2D eigenvalue weighted by molar-refractivity contribution is 0.242. The number of anilines is 1. The van der Waals surface area contributed by atoms with Gasteiger partial charge in [-0.25, -0.2) is 17.2 Å². The molecule has 3 rings (SSSR count). The number of hydrogen-bond acceptors (Lipinski definition) is 4. The van der Waals surface area contributed by atoms with Gasteiger partial charge in [-0.05, 0) is 50.2 Å². The minimum atomic E-state index is -3.63. The van der Waals surface area contributed by atoms with Gasteiger partial charge in [0.15, 0.2) is 0 Å². The average molecular weight is 396 g/mol. The monoisotopic (exact) mass is 396 g/mol. The van der Waals surface area contributed by atoms with Crippen LogP contribution in [0.15, 0.2) is 47.4 Å². The Bertz CT molecular complexity index is 894. The van der Waals surface area contributed by atoms with Gasteiger partial charge in [-0.15, -0.1) is 0 Å². The molecule has 0 saturated carbocycles. The number of piperazine rings is 1. The molecule has 1 saturated heterocycles. The fraction of sp³-hybridized carbons (Fsp3) is 0.368. The Labute approximate surface area is 158 Å². The van der Waals surface area contributed by atoms with Crippen LogP contribution in [0.4, 0.5) is 14.5 Å². The summed E-state index contributed by atoms with van der Waals surface area (Å²) in [5, 5.41) is 0. The maximum Gasteiger partial charge on any atom is 0.243 e. The van der Waals surface area contributed by atoms with Crippen LogP contribution < -0.4 is 9.64 Å². The van der Waals surface area contributed by atoms with Gasteiger partial charge in [0, 0.05) is 32.2 Å². The first-order valence-electron chi connectivity index (χ1n) is 8.74.